The van der Waals surface area contributed by atoms with Crippen LogP contribution in [0, 0.1) is 0 Å². The van der Waals surface area contributed by atoms with Crippen molar-refractivity contribution in [3.63, 3.8) is 0 Å². The third-order valence-corrected chi connectivity index (χ3v) is 3.18. The molecule has 0 unspecified atom stereocenters. The van der Waals surface area contributed by atoms with E-state index in [-0.39, 0.29) is 24.8 Å². The van der Waals surface area contributed by atoms with Gasteiger partial charge in [0.15, 0.2) is 0 Å². The molecule has 2 N–H and O–H groups in total. The van der Waals surface area contributed by atoms with E-state index in [4.69, 9.17) is 0 Å². The molecule has 0 bridgehead atoms. The number of hydrogen-bond donors (Lipinski definition) is 2. The Balaban J connectivity index is 0.000000902. The van der Waals surface area contributed by atoms with Crippen LogP contribution in [0.5, 0.6) is 0 Å². The van der Waals surface area contributed by atoms with Gasteiger partial charge in [0.25, 0.3) is 0 Å². The summed E-state index contributed by atoms with van der Waals surface area (Å²) in [7, 11) is 0. The highest BCUT2D eigenvalue weighted by atomic mass is 35.5. The minimum Gasteiger partial charge on any atom is -0.365 e. The zero-order chi connectivity index (χ0) is 11.5. The minimum absolute atomic E-state index is 0. The standard InChI is InChI=1S/C13H16N4.2ClH/c1-2-6-12-11(5-1)13(16-9-15-12)17-10-4-3-7-14-8-10;;/h1-2,5-6,9-10,14H,3-4,7-8H2,(H,15,16,17);2*1H/t10-;;/m1../s1. The molecule has 0 amide bonds. The molecular weight excluding hydrogens is 283 g/mol. The van der Waals surface area contributed by atoms with Crippen LogP contribution in [0.15, 0.2) is 30.6 Å². The Morgan fingerprint density at radius 1 is 1.16 bits per heavy atom. The number of aromatic nitrogens is 2. The van der Waals surface area contributed by atoms with Gasteiger partial charge in [-0.3, -0.25) is 0 Å². The van der Waals surface area contributed by atoms with Gasteiger partial charge < -0.3 is 10.6 Å². The van der Waals surface area contributed by atoms with Gasteiger partial charge in [-0.05, 0) is 31.5 Å². The lowest BCUT2D eigenvalue weighted by Crippen LogP contribution is -2.38. The molecule has 1 fully saturated rings. The molecule has 1 saturated heterocycles. The van der Waals surface area contributed by atoms with E-state index in [0.717, 1.165) is 29.8 Å². The predicted molar refractivity (Wildman–Crippen MR) is 83.5 cm³/mol. The van der Waals surface area contributed by atoms with E-state index in [1.807, 2.05) is 18.2 Å². The normalized spacial score (nSPS) is 18.2. The van der Waals surface area contributed by atoms with Gasteiger partial charge in [0.1, 0.15) is 12.1 Å². The molecule has 0 aliphatic carbocycles. The first-order valence-electron chi connectivity index (χ1n) is 6.10. The molecular formula is C13H18Cl2N4. The molecule has 104 valence electrons. The lowest BCUT2D eigenvalue weighted by molar-refractivity contribution is 0.479. The third kappa shape index (κ3) is 3.69. The maximum atomic E-state index is 4.35. The Morgan fingerprint density at radius 2 is 2.00 bits per heavy atom. The van der Waals surface area contributed by atoms with Crippen molar-refractivity contribution in [2.45, 2.75) is 18.9 Å². The molecule has 19 heavy (non-hydrogen) atoms. The molecule has 1 aromatic carbocycles. The Morgan fingerprint density at radius 3 is 2.79 bits per heavy atom. The maximum Gasteiger partial charge on any atom is 0.137 e. The zero-order valence-corrected chi connectivity index (χ0v) is 12.1. The predicted octanol–water partition coefficient (Wildman–Crippen LogP) is 2.64. The summed E-state index contributed by atoms with van der Waals surface area (Å²) < 4.78 is 0. The SMILES string of the molecule is Cl.Cl.c1ccc2c(N[C@@H]3CCCNC3)ncnc2c1. The first-order chi connectivity index (χ1) is 8.43. The molecule has 3 rings (SSSR count). The number of hydrogen-bond acceptors (Lipinski definition) is 4. The van der Waals surface area contributed by atoms with Crippen molar-refractivity contribution >= 4 is 41.5 Å². The molecule has 0 radical (unpaired) electrons. The number of benzene rings is 1. The van der Waals surface area contributed by atoms with Gasteiger partial charge in [-0.15, -0.1) is 24.8 Å². The summed E-state index contributed by atoms with van der Waals surface area (Å²) in [6, 6.07) is 8.58. The number of para-hydroxylation sites is 1. The van der Waals surface area contributed by atoms with Crippen LogP contribution in [0.2, 0.25) is 0 Å². The van der Waals surface area contributed by atoms with Crippen molar-refractivity contribution in [1.82, 2.24) is 15.3 Å². The summed E-state index contributed by atoms with van der Waals surface area (Å²) in [5.41, 5.74) is 0.994. The second kappa shape index (κ2) is 7.48. The number of rotatable bonds is 2. The number of anilines is 1. The van der Waals surface area contributed by atoms with Crippen molar-refractivity contribution in [2.75, 3.05) is 18.4 Å². The molecule has 2 aromatic rings. The molecule has 2 heterocycles. The van der Waals surface area contributed by atoms with E-state index in [1.165, 1.54) is 12.8 Å². The largest absolute Gasteiger partial charge is 0.365 e. The summed E-state index contributed by atoms with van der Waals surface area (Å²) in [5.74, 6) is 0.948. The minimum atomic E-state index is 0. The van der Waals surface area contributed by atoms with Crippen LogP contribution in [0.4, 0.5) is 5.82 Å². The average Bonchev–Trinajstić information content (AvgIpc) is 2.40. The first kappa shape index (κ1) is 16.0. The molecule has 1 aromatic heterocycles. The summed E-state index contributed by atoms with van der Waals surface area (Å²) in [6.07, 6.45) is 4.05. The third-order valence-electron chi connectivity index (χ3n) is 3.18. The number of halogens is 2. The molecule has 1 aliphatic rings. The van der Waals surface area contributed by atoms with E-state index in [1.54, 1.807) is 6.33 Å². The monoisotopic (exact) mass is 300 g/mol. The molecule has 0 spiro atoms. The van der Waals surface area contributed by atoms with Gasteiger partial charge >= 0.3 is 0 Å². The van der Waals surface area contributed by atoms with Crippen LogP contribution in [0.1, 0.15) is 12.8 Å². The lowest BCUT2D eigenvalue weighted by atomic mass is 10.1. The topological polar surface area (TPSA) is 49.8 Å². The van der Waals surface area contributed by atoms with Crippen molar-refractivity contribution in [1.29, 1.82) is 0 Å². The van der Waals surface area contributed by atoms with Crippen LogP contribution in [-0.2, 0) is 0 Å². The van der Waals surface area contributed by atoms with E-state index in [2.05, 4.69) is 26.7 Å². The maximum absolute atomic E-state index is 4.35. The van der Waals surface area contributed by atoms with Crippen LogP contribution < -0.4 is 10.6 Å². The molecule has 4 nitrogen and oxygen atoms in total. The van der Waals surface area contributed by atoms with Gasteiger partial charge in [-0.25, -0.2) is 9.97 Å². The molecule has 6 heteroatoms. The average molecular weight is 301 g/mol. The second-order valence-corrected chi connectivity index (χ2v) is 4.43. The first-order valence-corrected chi connectivity index (χ1v) is 6.10. The van der Waals surface area contributed by atoms with Crippen LogP contribution in [0.3, 0.4) is 0 Å². The van der Waals surface area contributed by atoms with E-state index in [9.17, 15) is 0 Å². The number of piperidine rings is 1. The zero-order valence-electron chi connectivity index (χ0n) is 10.5. The Labute approximate surface area is 125 Å². The lowest BCUT2D eigenvalue weighted by Gasteiger charge is -2.24. The van der Waals surface area contributed by atoms with Gasteiger partial charge in [-0.2, -0.15) is 0 Å². The van der Waals surface area contributed by atoms with Crippen molar-refractivity contribution < 1.29 is 0 Å². The summed E-state index contributed by atoms with van der Waals surface area (Å²) >= 11 is 0. The van der Waals surface area contributed by atoms with Crippen LogP contribution >= 0.6 is 24.8 Å². The fourth-order valence-corrected chi connectivity index (χ4v) is 2.29. The highest BCUT2D eigenvalue weighted by Gasteiger charge is 2.14. The van der Waals surface area contributed by atoms with E-state index < -0.39 is 0 Å². The van der Waals surface area contributed by atoms with Crippen LogP contribution in [0.25, 0.3) is 10.9 Å². The quantitative estimate of drug-likeness (QED) is 0.895. The molecule has 1 aliphatic heterocycles. The fraction of sp³-hybridized carbons (Fsp3) is 0.385. The van der Waals surface area contributed by atoms with Crippen molar-refractivity contribution in [2.24, 2.45) is 0 Å². The van der Waals surface area contributed by atoms with Gasteiger partial charge in [-0.1, -0.05) is 12.1 Å². The van der Waals surface area contributed by atoms with Crippen molar-refractivity contribution in [3.05, 3.63) is 30.6 Å². The Bertz CT molecular complexity index is 509. The number of fused-ring (bicyclic) bond motifs is 1. The van der Waals surface area contributed by atoms with Gasteiger partial charge in [0, 0.05) is 18.0 Å². The van der Waals surface area contributed by atoms with Crippen LogP contribution in [-0.4, -0.2) is 29.1 Å². The van der Waals surface area contributed by atoms with Gasteiger partial charge in [0.2, 0.25) is 0 Å². The Hall–Kier alpha value is -1.10. The van der Waals surface area contributed by atoms with E-state index >= 15 is 0 Å². The molecule has 1 atom stereocenters. The molecule has 0 saturated carbocycles. The van der Waals surface area contributed by atoms with Crippen molar-refractivity contribution in [3.8, 4) is 0 Å². The second-order valence-electron chi connectivity index (χ2n) is 4.43. The van der Waals surface area contributed by atoms with Gasteiger partial charge in [0.05, 0.1) is 5.52 Å². The highest BCUT2D eigenvalue weighted by molar-refractivity contribution is 5.88. The summed E-state index contributed by atoms with van der Waals surface area (Å²) in [5, 5.41) is 8.01. The Kier molecular flexibility index (Phi) is 6.28. The summed E-state index contributed by atoms with van der Waals surface area (Å²) in [4.78, 5) is 8.62. The number of nitrogens with zero attached hydrogens (tertiary/aromatic N) is 2. The highest BCUT2D eigenvalue weighted by Crippen LogP contribution is 2.20. The fourth-order valence-electron chi connectivity index (χ4n) is 2.29. The smallest absolute Gasteiger partial charge is 0.137 e. The summed E-state index contributed by atoms with van der Waals surface area (Å²) in [6.45, 7) is 2.14. The number of nitrogens with one attached hydrogen (secondary N) is 2. The van der Waals surface area contributed by atoms with E-state index in [0.29, 0.717) is 6.04 Å².